The summed E-state index contributed by atoms with van der Waals surface area (Å²) in [5, 5.41) is 6.84. The predicted octanol–water partition coefficient (Wildman–Crippen LogP) is 5.58. The Kier molecular flexibility index (Phi) is 8.00. The fourth-order valence-corrected chi connectivity index (χ4v) is 4.54. The summed E-state index contributed by atoms with van der Waals surface area (Å²) >= 11 is 18.1. The number of thiocarbonyl (C=S) groups is 1. The van der Waals surface area contributed by atoms with E-state index in [1.807, 2.05) is 30.3 Å². The summed E-state index contributed by atoms with van der Waals surface area (Å²) in [4.78, 5) is 16.8. The number of hydrogen-bond acceptors (Lipinski definition) is 4. The third kappa shape index (κ3) is 6.04. The monoisotopic (exact) mass is 516 g/mol. The number of nitrogens with one attached hydrogen (secondary N) is 2. The van der Waals surface area contributed by atoms with Gasteiger partial charge in [-0.15, -0.1) is 0 Å². The van der Waals surface area contributed by atoms with Crippen LogP contribution in [0.3, 0.4) is 0 Å². The molecule has 0 saturated carbocycles. The molecule has 0 radical (unpaired) electrons. The van der Waals surface area contributed by atoms with Gasteiger partial charge in [-0.25, -0.2) is 4.39 Å². The highest BCUT2D eigenvalue weighted by Crippen LogP contribution is 2.30. The molecule has 3 aromatic rings. The first-order valence-electron chi connectivity index (χ1n) is 10.8. The van der Waals surface area contributed by atoms with E-state index in [0.717, 1.165) is 49.0 Å². The Bertz CT molecular complexity index is 1200. The Balaban J connectivity index is 1.32. The number of rotatable bonds is 5. The normalized spacial score (nSPS) is 14.0. The number of piperazine rings is 1. The molecule has 5 nitrogen and oxygen atoms in total. The van der Waals surface area contributed by atoms with Crippen molar-refractivity contribution >= 4 is 57.8 Å². The fourth-order valence-electron chi connectivity index (χ4n) is 3.83. The number of carbonyl (C=O) groups is 1. The maximum Gasteiger partial charge on any atom is 0.260 e. The largest absolute Gasteiger partial charge is 0.368 e. The van der Waals surface area contributed by atoms with Crippen molar-refractivity contribution in [3.05, 3.63) is 93.7 Å². The predicted molar refractivity (Wildman–Crippen MR) is 140 cm³/mol. The van der Waals surface area contributed by atoms with Gasteiger partial charge in [0.15, 0.2) is 5.11 Å². The molecule has 0 aromatic heterocycles. The number of benzene rings is 3. The molecule has 1 aliphatic rings. The Labute approximate surface area is 213 Å². The molecule has 1 heterocycles. The zero-order chi connectivity index (χ0) is 24.1. The van der Waals surface area contributed by atoms with E-state index in [1.165, 1.54) is 18.2 Å². The summed E-state index contributed by atoms with van der Waals surface area (Å²) in [7, 11) is 0. The summed E-state index contributed by atoms with van der Waals surface area (Å²) in [6.07, 6.45) is 0. The molecular weight excluding hydrogens is 494 g/mol. The average molecular weight is 517 g/mol. The summed E-state index contributed by atoms with van der Waals surface area (Å²) in [5.41, 5.74) is 2.62. The highest BCUT2D eigenvalue weighted by molar-refractivity contribution is 7.80. The van der Waals surface area contributed by atoms with Gasteiger partial charge in [0, 0.05) is 43.4 Å². The minimum absolute atomic E-state index is 0.0604. The first-order valence-corrected chi connectivity index (χ1v) is 11.9. The van der Waals surface area contributed by atoms with E-state index >= 15 is 0 Å². The van der Waals surface area contributed by atoms with Crippen LogP contribution in [0, 0.1) is 5.82 Å². The summed E-state index contributed by atoms with van der Waals surface area (Å²) in [6, 6.07) is 19.2. The Morgan fingerprint density at radius 3 is 2.35 bits per heavy atom. The van der Waals surface area contributed by atoms with Gasteiger partial charge in [0.1, 0.15) is 5.82 Å². The number of halogens is 3. The second kappa shape index (κ2) is 11.1. The maximum atomic E-state index is 13.8. The van der Waals surface area contributed by atoms with Crippen molar-refractivity contribution in [2.75, 3.05) is 36.4 Å². The van der Waals surface area contributed by atoms with Gasteiger partial charge in [0.2, 0.25) is 0 Å². The first kappa shape index (κ1) is 24.4. The van der Waals surface area contributed by atoms with E-state index in [9.17, 15) is 9.18 Å². The molecule has 1 fully saturated rings. The highest BCUT2D eigenvalue weighted by atomic mass is 35.5. The van der Waals surface area contributed by atoms with E-state index in [4.69, 9.17) is 35.4 Å². The van der Waals surface area contributed by atoms with Gasteiger partial charge < -0.3 is 10.2 Å². The maximum absolute atomic E-state index is 13.8. The van der Waals surface area contributed by atoms with E-state index in [1.54, 1.807) is 12.1 Å². The van der Waals surface area contributed by atoms with Crippen LogP contribution >= 0.6 is 35.4 Å². The lowest BCUT2D eigenvalue weighted by Crippen LogP contribution is -2.46. The first-order chi connectivity index (χ1) is 16.4. The molecule has 0 unspecified atom stereocenters. The zero-order valence-electron chi connectivity index (χ0n) is 18.2. The van der Waals surface area contributed by atoms with Crippen molar-refractivity contribution in [2.45, 2.75) is 6.54 Å². The summed E-state index contributed by atoms with van der Waals surface area (Å²) in [6.45, 7) is 4.30. The van der Waals surface area contributed by atoms with Crippen molar-refractivity contribution in [1.82, 2.24) is 10.2 Å². The van der Waals surface area contributed by atoms with Crippen LogP contribution in [-0.2, 0) is 6.54 Å². The van der Waals surface area contributed by atoms with Crippen molar-refractivity contribution in [1.29, 1.82) is 0 Å². The Morgan fingerprint density at radius 1 is 0.941 bits per heavy atom. The van der Waals surface area contributed by atoms with E-state index in [2.05, 4.69) is 26.5 Å². The molecule has 34 heavy (non-hydrogen) atoms. The third-order valence-electron chi connectivity index (χ3n) is 5.62. The van der Waals surface area contributed by atoms with Crippen LogP contribution in [-0.4, -0.2) is 42.1 Å². The molecule has 0 bridgehead atoms. The number of hydrogen-bond donors (Lipinski definition) is 2. The molecule has 9 heteroatoms. The van der Waals surface area contributed by atoms with Crippen LogP contribution in [0.5, 0.6) is 0 Å². The Morgan fingerprint density at radius 2 is 1.65 bits per heavy atom. The molecule has 0 spiro atoms. The van der Waals surface area contributed by atoms with Crippen LogP contribution in [0.1, 0.15) is 15.9 Å². The molecule has 3 aromatic carbocycles. The standard InChI is InChI=1S/C25H23Cl2FN4OS/c26-20-7-3-1-5-17(20)16-31-11-13-32(14-12-31)23-10-9-18(15-21(23)27)29-25(34)30-24(33)19-6-2-4-8-22(19)28/h1-10,15H,11-14,16H2,(H2,29,30,33,34). The molecule has 1 amide bonds. The quantitative estimate of drug-likeness (QED) is 0.433. The lowest BCUT2D eigenvalue weighted by atomic mass is 10.2. The molecular formula is C25H23Cl2FN4OS. The van der Waals surface area contributed by atoms with Gasteiger partial charge in [0.05, 0.1) is 16.3 Å². The van der Waals surface area contributed by atoms with Gasteiger partial charge in [-0.2, -0.15) is 0 Å². The summed E-state index contributed by atoms with van der Waals surface area (Å²) in [5.74, 6) is -1.23. The zero-order valence-corrected chi connectivity index (χ0v) is 20.6. The van der Waals surface area contributed by atoms with Crippen molar-refractivity contribution in [3.63, 3.8) is 0 Å². The molecule has 0 atom stereocenters. The molecule has 1 saturated heterocycles. The van der Waals surface area contributed by atoms with Gasteiger partial charge in [-0.3, -0.25) is 15.0 Å². The SMILES string of the molecule is O=C(NC(=S)Nc1ccc(N2CCN(Cc3ccccc3Cl)CC2)c(Cl)c1)c1ccccc1F. The summed E-state index contributed by atoms with van der Waals surface area (Å²) < 4.78 is 13.8. The average Bonchev–Trinajstić information content (AvgIpc) is 2.81. The Hall–Kier alpha value is -2.71. The number of anilines is 2. The van der Waals surface area contributed by atoms with Crippen molar-refractivity contribution < 1.29 is 9.18 Å². The van der Waals surface area contributed by atoms with Crippen LogP contribution in [0.4, 0.5) is 15.8 Å². The van der Waals surface area contributed by atoms with Gasteiger partial charge in [-0.05, 0) is 54.2 Å². The van der Waals surface area contributed by atoms with E-state index in [-0.39, 0.29) is 10.7 Å². The number of nitrogens with zero attached hydrogens (tertiary/aromatic N) is 2. The lowest BCUT2D eigenvalue weighted by molar-refractivity contribution is 0.0974. The molecule has 2 N–H and O–H groups in total. The minimum Gasteiger partial charge on any atom is -0.368 e. The molecule has 0 aliphatic carbocycles. The molecule has 4 rings (SSSR count). The van der Waals surface area contributed by atoms with Gasteiger partial charge in [-0.1, -0.05) is 53.5 Å². The lowest BCUT2D eigenvalue weighted by Gasteiger charge is -2.36. The third-order valence-corrected chi connectivity index (χ3v) is 6.49. The van der Waals surface area contributed by atoms with Gasteiger partial charge >= 0.3 is 0 Å². The fraction of sp³-hybridized carbons (Fsp3) is 0.200. The van der Waals surface area contributed by atoms with Gasteiger partial charge in [0.25, 0.3) is 5.91 Å². The second-order valence-electron chi connectivity index (χ2n) is 7.91. The van der Waals surface area contributed by atoms with Crippen LogP contribution in [0.25, 0.3) is 0 Å². The highest BCUT2D eigenvalue weighted by Gasteiger charge is 2.20. The molecule has 176 valence electrons. The van der Waals surface area contributed by atoms with Crippen molar-refractivity contribution in [2.24, 2.45) is 0 Å². The topological polar surface area (TPSA) is 47.6 Å². The van der Waals surface area contributed by atoms with Crippen LogP contribution in [0.2, 0.25) is 10.0 Å². The van der Waals surface area contributed by atoms with Crippen LogP contribution in [0.15, 0.2) is 66.7 Å². The number of carbonyl (C=O) groups excluding carboxylic acids is 1. The minimum atomic E-state index is -0.618. The molecule has 1 aliphatic heterocycles. The van der Waals surface area contributed by atoms with E-state index < -0.39 is 11.7 Å². The van der Waals surface area contributed by atoms with Crippen LogP contribution < -0.4 is 15.5 Å². The van der Waals surface area contributed by atoms with E-state index in [0.29, 0.717) is 10.7 Å². The smallest absolute Gasteiger partial charge is 0.260 e. The second-order valence-corrected chi connectivity index (χ2v) is 9.13. The number of amides is 1. The van der Waals surface area contributed by atoms with Crippen molar-refractivity contribution in [3.8, 4) is 0 Å².